The molecule has 6 nitrogen and oxygen atoms in total. The molecule has 1 aliphatic rings. The van der Waals surface area contributed by atoms with Crippen molar-refractivity contribution in [1.82, 2.24) is 20.2 Å². The van der Waals surface area contributed by atoms with Crippen LogP contribution in [0.3, 0.4) is 0 Å². The third kappa shape index (κ3) is 2.95. The molecule has 0 saturated heterocycles. The highest BCUT2D eigenvalue weighted by Gasteiger charge is 2.15. The van der Waals surface area contributed by atoms with E-state index >= 15 is 0 Å². The quantitative estimate of drug-likeness (QED) is 0.882. The number of guanidine groups is 1. The second kappa shape index (κ2) is 5.65. The van der Waals surface area contributed by atoms with Crippen LogP contribution in [-0.4, -0.2) is 40.2 Å². The molecule has 0 spiro atoms. The van der Waals surface area contributed by atoms with Crippen molar-refractivity contribution in [3.05, 3.63) is 30.0 Å². The van der Waals surface area contributed by atoms with Gasteiger partial charge in [0.2, 0.25) is 11.9 Å². The number of hydrogen-bond donors (Lipinski definition) is 2. The molecular formula is C15H20N6. The van der Waals surface area contributed by atoms with E-state index in [-0.39, 0.29) is 0 Å². The molecule has 0 fully saturated rings. The summed E-state index contributed by atoms with van der Waals surface area (Å²) in [4.78, 5) is 15.7. The Balaban J connectivity index is 1.80. The summed E-state index contributed by atoms with van der Waals surface area (Å²) in [6, 6.07) is 8.48. The normalized spacial score (nSPS) is 15.9. The van der Waals surface area contributed by atoms with Crippen molar-refractivity contribution in [3.8, 4) is 0 Å². The largest absolute Gasteiger partial charge is 0.343 e. The van der Waals surface area contributed by atoms with E-state index in [0.717, 1.165) is 29.2 Å². The van der Waals surface area contributed by atoms with Gasteiger partial charge in [-0.25, -0.2) is 15.0 Å². The average molecular weight is 284 g/mol. The smallest absolute Gasteiger partial charge is 0.230 e. The van der Waals surface area contributed by atoms with Gasteiger partial charge in [-0.2, -0.15) is 0 Å². The van der Waals surface area contributed by atoms with E-state index in [0.29, 0.717) is 18.7 Å². The van der Waals surface area contributed by atoms with Crippen molar-refractivity contribution in [2.24, 2.45) is 4.99 Å². The molecule has 0 aliphatic carbocycles. The zero-order valence-corrected chi connectivity index (χ0v) is 12.6. The van der Waals surface area contributed by atoms with Gasteiger partial charge in [-0.15, -0.1) is 0 Å². The maximum absolute atomic E-state index is 4.53. The number of rotatable bonds is 2. The number of aliphatic imine (C=N–C) groups is 1. The van der Waals surface area contributed by atoms with Crippen LogP contribution in [0.25, 0.3) is 10.9 Å². The molecule has 0 bridgehead atoms. The van der Waals surface area contributed by atoms with E-state index < -0.39 is 0 Å². The number of nitrogens with zero attached hydrogens (tertiary/aromatic N) is 4. The number of aromatic nitrogens is 2. The molecule has 0 atom stereocenters. The highest BCUT2D eigenvalue weighted by molar-refractivity contribution is 5.93. The summed E-state index contributed by atoms with van der Waals surface area (Å²) in [5.41, 5.74) is 1.90. The second-order valence-corrected chi connectivity index (χ2v) is 5.44. The van der Waals surface area contributed by atoms with E-state index in [2.05, 4.69) is 44.3 Å². The van der Waals surface area contributed by atoms with E-state index in [9.17, 15) is 0 Å². The molecule has 0 radical (unpaired) electrons. The van der Waals surface area contributed by atoms with Crippen LogP contribution < -0.4 is 10.6 Å². The molecule has 0 unspecified atom stereocenters. The number of fused-ring (bicyclic) bond motifs is 1. The first-order valence-electron chi connectivity index (χ1n) is 7.16. The zero-order chi connectivity index (χ0) is 14.8. The molecule has 1 aromatic carbocycles. The van der Waals surface area contributed by atoms with Crippen molar-refractivity contribution in [2.75, 3.05) is 18.7 Å². The predicted octanol–water partition coefficient (Wildman–Crippen LogP) is 1.93. The van der Waals surface area contributed by atoms with Gasteiger partial charge in [-0.05, 0) is 26.8 Å². The Labute approximate surface area is 124 Å². The van der Waals surface area contributed by atoms with Crippen molar-refractivity contribution in [3.63, 3.8) is 0 Å². The van der Waals surface area contributed by atoms with Gasteiger partial charge in [0.1, 0.15) is 0 Å². The maximum atomic E-state index is 4.53. The molecule has 0 amide bonds. The molecule has 21 heavy (non-hydrogen) atoms. The Kier molecular flexibility index (Phi) is 3.70. The summed E-state index contributed by atoms with van der Waals surface area (Å²) in [7, 11) is 0. The summed E-state index contributed by atoms with van der Waals surface area (Å²) >= 11 is 0. The van der Waals surface area contributed by atoms with Crippen LogP contribution >= 0.6 is 0 Å². The first kappa shape index (κ1) is 13.8. The molecule has 2 N–H and O–H groups in total. The van der Waals surface area contributed by atoms with E-state index in [1.165, 1.54) is 0 Å². The molecule has 110 valence electrons. The number of para-hydroxylation sites is 1. The fourth-order valence-corrected chi connectivity index (χ4v) is 2.27. The van der Waals surface area contributed by atoms with Crippen LogP contribution in [-0.2, 0) is 0 Å². The van der Waals surface area contributed by atoms with Gasteiger partial charge in [-0.3, -0.25) is 10.2 Å². The minimum Gasteiger partial charge on any atom is -0.343 e. The van der Waals surface area contributed by atoms with Gasteiger partial charge in [0.15, 0.2) is 0 Å². The monoisotopic (exact) mass is 284 g/mol. The lowest BCUT2D eigenvalue weighted by atomic mass is 10.2. The molecular weight excluding hydrogens is 264 g/mol. The number of aryl methyl sites for hydroxylation is 1. The lowest BCUT2D eigenvalue weighted by Crippen LogP contribution is -2.48. The minimum absolute atomic E-state index is 0.474. The Morgan fingerprint density at radius 1 is 1.24 bits per heavy atom. The van der Waals surface area contributed by atoms with E-state index in [4.69, 9.17) is 0 Å². The number of anilines is 1. The number of benzene rings is 1. The van der Waals surface area contributed by atoms with Crippen LogP contribution in [0.2, 0.25) is 0 Å². The van der Waals surface area contributed by atoms with Crippen LogP contribution in [0, 0.1) is 6.92 Å². The summed E-state index contributed by atoms with van der Waals surface area (Å²) in [6.07, 6.45) is 0. The SMILES string of the molecule is Cc1nc(NC2=NCN(C(C)C)CN2)nc2ccccc12. The first-order valence-corrected chi connectivity index (χ1v) is 7.16. The molecule has 0 saturated carbocycles. The lowest BCUT2D eigenvalue weighted by Gasteiger charge is -2.29. The summed E-state index contributed by atoms with van der Waals surface area (Å²) < 4.78 is 0. The zero-order valence-electron chi connectivity index (χ0n) is 12.6. The van der Waals surface area contributed by atoms with Gasteiger partial charge < -0.3 is 5.32 Å². The van der Waals surface area contributed by atoms with Crippen molar-refractivity contribution >= 4 is 22.8 Å². The van der Waals surface area contributed by atoms with Crippen LogP contribution in [0.15, 0.2) is 29.3 Å². The van der Waals surface area contributed by atoms with Gasteiger partial charge in [0.05, 0.1) is 24.5 Å². The Morgan fingerprint density at radius 2 is 2.05 bits per heavy atom. The lowest BCUT2D eigenvalue weighted by molar-refractivity contribution is 0.214. The molecule has 2 aromatic rings. The van der Waals surface area contributed by atoms with E-state index in [1.54, 1.807) is 0 Å². The molecule has 2 heterocycles. The van der Waals surface area contributed by atoms with Crippen LogP contribution in [0.4, 0.5) is 5.95 Å². The minimum atomic E-state index is 0.474. The molecule has 1 aliphatic heterocycles. The van der Waals surface area contributed by atoms with Crippen LogP contribution in [0.1, 0.15) is 19.5 Å². The third-order valence-corrected chi connectivity index (χ3v) is 3.61. The fourth-order valence-electron chi connectivity index (χ4n) is 2.27. The second-order valence-electron chi connectivity index (χ2n) is 5.44. The predicted molar refractivity (Wildman–Crippen MR) is 85.2 cm³/mol. The molecule has 6 heteroatoms. The fraction of sp³-hybridized carbons (Fsp3) is 0.400. The Bertz CT molecular complexity index is 679. The standard InChI is InChI=1S/C15H20N6/c1-10(2)21-8-16-14(17-9-21)20-15-18-11(3)12-6-4-5-7-13(12)19-15/h4-7,10H,8-9H2,1-3H3,(H2,16,17,18,19,20). The van der Waals surface area contributed by atoms with E-state index in [1.807, 2.05) is 31.2 Å². The Hall–Kier alpha value is -2.21. The van der Waals surface area contributed by atoms with Gasteiger partial charge >= 0.3 is 0 Å². The molecule has 3 rings (SSSR count). The van der Waals surface area contributed by atoms with Gasteiger partial charge in [-0.1, -0.05) is 18.2 Å². The number of nitrogens with one attached hydrogen (secondary N) is 2. The van der Waals surface area contributed by atoms with Crippen LogP contribution in [0.5, 0.6) is 0 Å². The highest BCUT2D eigenvalue weighted by Crippen LogP contribution is 2.16. The topological polar surface area (TPSA) is 65.4 Å². The molecule has 1 aromatic heterocycles. The summed E-state index contributed by atoms with van der Waals surface area (Å²) in [5, 5.41) is 7.49. The maximum Gasteiger partial charge on any atom is 0.230 e. The Morgan fingerprint density at radius 3 is 2.76 bits per heavy atom. The van der Waals surface area contributed by atoms with Crippen molar-refractivity contribution < 1.29 is 0 Å². The summed E-state index contributed by atoms with van der Waals surface area (Å²) in [5.74, 6) is 1.30. The first-order chi connectivity index (χ1) is 10.1. The van der Waals surface area contributed by atoms with Gasteiger partial charge in [0.25, 0.3) is 0 Å². The van der Waals surface area contributed by atoms with Gasteiger partial charge in [0, 0.05) is 11.4 Å². The number of hydrogen-bond acceptors (Lipinski definition) is 6. The van der Waals surface area contributed by atoms with Crippen molar-refractivity contribution in [2.45, 2.75) is 26.8 Å². The summed E-state index contributed by atoms with van der Waals surface area (Å²) in [6.45, 7) is 7.76. The van der Waals surface area contributed by atoms with Crippen molar-refractivity contribution in [1.29, 1.82) is 0 Å². The highest BCUT2D eigenvalue weighted by atomic mass is 15.4. The third-order valence-electron chi connectivity index (χ3n) is 3.61. The average Bonchev–Trinajstić information content (AvgIpc) is 2.48.